The average molecular weight is 296 g/mol. The van der Waals surface area contributed by atoms with Gasteiger partial charge in [0.15, 0.2) is 11.6 Å². The molecule has 2 amide bonds. The first kappa shape index (κ1) is 15.4. The highest BCUT2D eigenvalue weighted by atomic mass is 19.2. The van der Waals surface area contributed by atoms with Gasteiger partial charge >= 0.3 is 0 Å². The standard InChI is InChI=1S/C15H18F2N2O2/c1-9(11-5-6-12(16)13(17)8-11)18-15(21)14-4-3-7-19(14)10(2)20/h5-6,8-9,14H,3-4,7H2,1-2H3,(H,18,21). The lowest BCUT2D eigenvalue weighted by molar-refractivity contribution is -0.137. The monoisotopic (exact) mass is 296 g/mol. The molecule has 1 N–H and O–H groups in total. The van der Waals surface area contributed by atoms with Crippen LogP contribution in [-0.4, -0.2) is 29.3 Å². The number of hydrogen-bond donors (Lipinski definition) is 1. The van der Waals surface area contributed by atoms with Crippen LogP contribution < -0.4 is 5.32 Å². The fourth-order valence-corrected chi connectivity index (χ4v) is 2.59. The largest absolute Gasteiger partial charge is 0.348 e. The van der Waals surface area contributed by atoms with Gasteiger partial charge < -0.3 is 10.2 Å². The highest BCUT2D eigenvalue weighted by molar-refractivity contribution is 5.87. The number of nitrogens with zero attached hydrogens (tertiary/aromatic N) is 1. The second kappa shape index (κ2) is 6.20. The van der Waals surface area contributed by atoms with Crippen LogP contribution in [0.5, 0.6) is 0 Å². The van der Waals surface area contributed by atoms with Crippen molar-refractivity contribution < 1.29 is 18.4 Å². The van der Waals surface area contributed by atoms with E-state index in [9.17, 15) is 18.4 Å². The van der Waals surface area contributed by atoms with E-state index in [4.69, 9.17) is 0 Å². The third-order valence-electron chi connectivity index (χ3n) is 3.76. The van der Waals surface area contributed by atoms with Gasteiger partial charge in [0.2, 0.25) is 11.8 Å². The normalized spacial score (nSPS) is 19.4. The Morgan fingerprint density at radius 2 is 2.05 bits per heavy atom. The third-order valence-corrected chi connectivity index (χ3v) is 3.76. The van der Waals surface area contributed by atoms with E-state index in [1.165, 1.54) is 17.9 Å². The van der Waals surface area contributed by atoms with Crippen molar-refractivity contribution in [3.05, 3.63) is 35.4 Å². The molecule has 2 atom stereocenters. The molecule has 0 spiro atoms. The van der Waals surface area contributed by atoms with Gasteiger partial charge in [-0.05, 0) is 37.5 Å². The number of rotatable bonds is 3. The molecule has 1 aromatic rings. The number of benzene rings is 1. The predicted octanol–water partition coefficient (Wildman–Crippen LogP) is 2.15. The minimum Gasteiger partial charge on any atom is -0.348 e. The summed E-state index contributed by atoms with van der Waals surface area (Å²) in [5.74, 6) is -2.26. The first-order valence-corrected chi connectivity index (χ1v) is 6.92. The number of amides is 2. The van der Waals surface area contributed by atoms with Gasteiger partial charge in [-0.1, -0.05) is 6.07 Å². The summed E-state index contributed by atoms with van der Waals surface area (Å²) in [6, 6.07) is 2.60. The van der Waals surface area contributed by atoms with E-state index in [1.54, 1.807) is 6.92 Å². The molecule has 0 saturated carbocycles. The molecule has 0 aromatic heterocycles. The Morgan fingerprint density at radius 1 is 1.33 bits per heavy atom. The maximum atomic E-state index is 13.2. The van der Waals surface area contributed by atoms with Crippen molar-refractivity contribution in [2.75, 3.05) is 6.54 Å². The van der Waals surface area contributed by atoms with Gasteiger partial charge in [0.1, 0.15) is 6.04 Å². The third kappa shape index (κ3) is 3.37. The molecule has 0 bridgehead atoms. The van der Waals surface area contributed by atoms with Crippen LogP contribution in [0.25, 0.3) is 0 Å². The molecule has 6 heteroatoms. The van der Waals surface area contributed by atoms with E-state index >= 15 is 0 Å². The first-order chi connectivity index (χ1) is 9.90. The van der Waals surface area contributed by atoms with Gasteiger partial charge in [0.25, 0.3) is 0 Å². The molecular weight excluding hydrogens is 278 g/mol. The summed E-state index contributed by atoms with van der Waals surface area (Å²) in [6.07, 6.45) is 1.41. The lowest BCUT2D eigenvalue weighted by atomic mass is 10.1. The van der Waals surface area contributed by atoms with E-state index in [1.807, 2.05) is 0 Å². The molecule has 1 aromatic carbocycles. The molecule has 2 rings (SSSR count). The molecule has 21 heavy (non-hydrogen) atoms. The molecule has 1 fully saturated rings. The smallest absolute Gasteiger partial charge is 0.243 e. The lowest BCUT2D eigenvalue weighted by Crippen LogP contribution is -2.45. The number of halogens is 2. The van der Waals surface area contributed by atoms with Gasteiger partial charge in [-0.25, -0.2) is 8.78 Å². The van der Waals surface area contributed by atoms with Gasteiger partial charge in [-0.3, -0.25) is 9.59 Å². The van der Waals surface area contributed by atoms with Crippen molar-refractivity contribution in [1.82, 2.24) is 10.2 Å². The lowest BCUT2D eigenvalue weighted by Gasteiger charge is -2.24. The van der Waals surface area contributed by atoms with Crippen molar-refractivity contribution in [3.8, 4) is 0 Å². The molecule has 114 valence electrons. The van der Waals surface area contributed by atoms with Crippen LogP contribution >= 0.6 is 0 Å². The van der Waals surface area contributed by atoms with E-state index in [0.717, 1.165) is 18.6 Å². The summed E-state index contributed by atoms with van der Waals surface area (Å²) < 4.78 is 26.1. The highest BCUT2D eigenvalue weighted by Gasteiger charge is 2.32. The first-order valence-electron chi connectivity index (χ1n) is 6.92. The summed E-state index contributed by atoms with van der Waals surface area (Å²) in [7, 11) is 0. The fourth-order valence-electron chi connectivity index (χ4n) is 2.59. The Balaban J connectivity index is 2.04. The Kier molecular flexibility index (Phi) is 4.55. The highest BCUT2D eigenvalue weighted by Crippen LogP contribution is 2.20. The molecule has 1 heterocycles. The van der Waals surface area contributed by atoms with E-state index in [2.05, 4.69) is 5.32 Å². The molecule has 4 nitrogen and oxygen atoms in total. The minimum absolute atomic E-state index is 0.131. The fraction of sp³-hybridized carbons (Fsp3) is 0.467. The second-order valence-electron chi connectivity index (χ2n) is 5.27. The second-order valence-corrected chi connectivity index (χ2v) is 5.27. The molecule has 0 aliphatic carbocycles. The Labute approximate surface area is 122 Å². The minimum atomic E-state index is -0.945. The topological polar surface area (TPSA) is 49.4 Å². The molecule has 1 aliphatic heterocycles. The summed E-state index contributed by atoms with van der Waals surface area (Å²) >= 11 is 0. The maximum Gasteiger partial charge on any atom is 0.243 e. The van der Waals surface area contributed by atoms with Gasteiger partial charge in [0, 0.05) is 13.5 Å². The van der Waals surface area contributed by atoms with E-state index in [0.29, 0.717) is 18.5 Å². The molecule has 1 aliphatic rings. The predicted molar refractivity (Wildman–Crippen MR) is 73.3 cm³/mol. The van der Waals surface area contributed by atoms with Crippen molar-refractivity contribution in [3.63, 3.8) is 0 Å². The van der Waals surface area contributed by atoms with Crippen LogP contribution in [-0.2, 0) is 9.59 Å². The summed E-state index contributed by atoms with van der Waals surface area (Å²) in [6.45, 7) is 3.70. The van der Waals surface area contributed by atoms with E-state index in [-0.39, 0.29) is 11.8 Å². The SMILES string of the molecule is CC(=O)N1CCCC1C(=O)NC(C)c1ccc(F)c(F)c1. The van der Waals surface area contributed by atoms with Crippen molar-refractivity contribution in [1.29, 1.82) is 0 Å². The van der Waals surface area contributed by atoms with Crippen LogP contribution in [0.15, 0.2) is 18.2 Å². The molecule has 1 saturated heterocycles. The summed E-state index contributed by atoms with van der Waals surface area (Å²) in [4.78, 5) is 25.2. The van der Waals surface area contributed by atoms with Gasteiger partial charge in [0.05, 0.1) is 6.04 Å². The molecule has 0 radical (unpaired) electrons. The summed E-state index contributed by atoms with van der Waals surface area (Å²) in [5.41, 5.74) is 0.481. The Hall–Kier alpha value is -1.98. The van der Waals surface area contributed by atoms with Crippen LogP contribution in [0.3, 0.4) is 0 Å². The van der Waals surface area contributed by atoms with E-state index < -0.39 is 23.7 Å². The zero-order valence-electron chi connectivity index (χ0n) is 12.0. The number of hydrogen-bond acceptors (Lipinski definition) is 2. The van der Waals surface area contributed by atoms with Crippen LogP contribution in [0, 0.1) is 11.6 Å². The van der Waals surface area contributed by atoms with Gasteiger partial charge in [-0.2, -0.15) is 0 Å². The quantitative estimate of drug-likeness (QED) is 0.929. The number of nitrogens with one attached hydrogen (secondary N) is 1. The Morgan fingerprint density at radius 3 is 2.67 bits per heavy atom. The Bertz CT molecular complexity index is 563. The van der Waals surface area contributed by atoms with Crippen LogP contribution in [0.1, 0.15) is 38.3 Å². The number of carbonyl (C=O) groups excluding carboxylic acids is 2. The van der Waals surface area contributed by atoms with Crippen molar-refractivity contribution >= 4 is 11.8 Å². The number of carbonyl (C=O) groups is 2. The molecule has 2 unspecified atom stereocenters. The van der Waals surface area contributed by atoms with Crippen molar-refractivity contribution in [2.24, 2.45) is 0 Å². The summed E-state index contributed by atoms with van der Waals surface area (Å²) in [5, 5.41) is 2.75. The number of likely N-dealkylation sites (tertiary alicyclic amines) is 1. The van der Waals surface area contributed by atoms with Crippen LogP contribution in [0.2, 0.25) is 0 Å². The van der Waals surface area contributed by atoms with Crippen LogP contribution in [0.4, 0.5) is 8.78 Å². The average Bonchev–Trinajstić information content (AvgIpc) is 2.91. The van der Waals surface area contributed by atoms with Crippen molar-refractivity contribution in [2.45, 2.75) is 38.8 Å². The zero-order chi connectivity index (χ0) is 15.6. The molecular formula is C15H18F2N2O2. The zero-order valence-corrected chi connectivity index (χ0v) is 12.0. The maximum absolute atomic E-state index is 13.2. The van der Waals surface area contributed by atoms with Gasteiger partial charge in [-0.15, -0.1) is 0 Å².